The maximum Gasteiger partial charge on any atom is 0.0619 e. The van der Waals surface area contributed by atoms with Crippen molar-refractivity contribution in [2.45, 2.75) is 0 Å². The molecule has 0 N–H and O–H groups in total. The molecule has 0 radical (unpaired) electrons. The van der Waals surface area contributed by atoms with Gasteiger partial charge in [0.15, 0.2) is 0 Å². The number of nitrogens with zero attached hydrogens (tertiary/aromatic N) is 2. The fourth-order valence-corrected chi connectivity index (χ4v) is 12.0. The van der Waals surface area contributed by atoms with Gasteiger partial charge >= 0.3 is 0 Å². The first-order valence-electron chi connectivity index (χ1n) is 21.1. The van der Waals surface area contributed by atoms with E-state index in [0.717, 1.165) is 22.7 Å². The summed E-state index contributed by atoms with van der Waals surface area (Å²) in [4.78, 5) is 2.40. The molecule has 0 aliphatic rings. The summed E-state index contributed by atoms with van der Waals surface area (Å²) < 4.78 is 7.71. The van der Waals surface area contributed by atoms with E-state index in [1.807, 2.05) is 22.7 Å². The molecule has 4 heteroatoms. The van der Waals surface area contributed by atoms with Crippen molar-refractivity contribution in [1.29, 1.82) is 0 Å². The van der Waals surface area contributed by atoms with Gasteiger partial charge in [0.05, 0.1) is 11.0 Å². The normalized spacial score (nSPS) is 11.9. The first-order chi connectivity index (χ1) is 30.7. The molecule has 2 nitrogen and oxygen atoms in total. The number of para-hydroxylation sites is 1. The number of fused-ring (bicyclic) bond motifs is 11. The van der Waals surface area contributed by atoms with Crippen LogP contribution >= 0.6 is 22.7 Å². The van der Waals surface area contributed by atoms with Gasteiger partial charge < -0.3 is 9.47 Å². The molecule has 0 spiro atoms. The average Bonchev–Trinajstić information content (AvgIpc) is 4.02. The number of anilines is 3. The Morgan fingerprint density at radius 2 is 0.935 bits per heavy atom. The summed E-state index contributed by atoms with van der Waals surface area (Å²) in [6.07, 6.45) is 0. The topological polar surface area (TPSA) is 8.17 Å². The standard InChI is InChI=1S/C58H36N2S2/c1-2-12-41(13-3-1)60-53-35-40(26-32-47(53)50-33-25-38-11-4-5-14-45(38)57(50)60)37-21-27-42(28-22-37)59(44-31-34-56-52(36-44)49-16-7-8-19-54(49)61-56)43-29-23-39(24-30-43)46-17-10-18-51-48-15-6-9-20-55(48)62-58(46)51/h1-36H. The van der Waals surface area contributed by atoms with Gasteiger partial charge in [-0.3, -0.25) is 0 Å². The molecular weight excluding hydrogens is 789 g/mol. The lowest BCUT2D eigenvalue weighted by Crippen LogP contribution is -2.09. The molecule has 13 aromatic rings. The highest BCUT2D eigenvalue weighted by Crippen LogP contribution is 2.44. The van der Waals surface area contributed by atoms with E-state index in [1.165, 1.54) is 95.2 Å². The lowest BCUT2D eigenvalue weighted by molar-refractivity contribution is 1.19. The van der Waals surface area contributed by atoms with E-state index >= 15 is 0 Å². The largest absolute Gasteiger partial charge is 0.310 e. The van der Waals surface area contributed by atoms with Crippen LogP contribution in [0.15, 0.2) is 218 Å². The van der Waals surface area contributed by atoms with Gasteiger partial charge in [-0.05, 0) is 100 Å². The predicted molar refractivity (Wildman–Crippen MR) is 270 cm³/mol. The Morgan fingerprint density at radius 3 is 1.73 bits per heavy atom. The van der Waals surface area contributed by atoms with Crippen molar-refractivity contribution in [2.75, 3.05) is 4.90 Å². The minimum atomic E-state index is 1.11. The molecule has 3 aromatic heterocycles. The molecule has 0 aliphatic carbocycles. The molecule has 0 aliphatic heterocycles. The van der Waals surface area contributed by atoms with Crippen LogP contribution in [0.4, 0.5) is 17.1 Å². The van der Waals surface area contributed by atoms with Gasteiger partial charge in [0.1, 0.15) is 0 Å². The molecule has 0 unspecified atom stereocenters. The lowest BCUT2D eigenvalue weighted by atomic mass is 10.0. The Hall–Kier alpha value is -7.50. The number of benzene rings is 10. The van der Waals surface area contributed by atoms with E-state index in [-0.39, 0.29) is 0 Å². The Labute approximate surface area is 366 Å². The van der Waals surface area contributed by atoms with Gasteiger partial charge in [0, 0.05) is 79.3 Å². The average molecular weight is 825 g/mol. The van der Waals surface area contributed by atoms with E-state index < -0.39 is 0 Å². The van der Waals surface area contributed by atoms with Gasteiger partial charge in [0.2, 0.25) is 0 Å². The van der Waals surface area contributed by atoms with Gasteiger partial charge in [-0.15, -0.1) is 22.7 Å². The Balaban J connectivity index is 0.938. The fraction of sp³-hybridized carbons (Fsp3) is 0. The van der Waals surface area contributed by atoms with Crippen molar-refractivity contribution < 1.29 is 0 Å². The molecule has 290 valence electrons. The van der Waals surface area contributed by atoms with Gasteiger partial charge in [-0.1, -0.05) is 146 Å². The van der Waals surface area contributed by atoms with Crippen molar-refractivity contribution in [1.82, 2.24) is 4.57 Å². The first kappa shape index (κ1) is 35.3. The fourth-order valence-electron chi connectivity index (χ4n) is 9.67. The zero-order valence-corrected chi connectivity index (χ0v) is 35.1. The Kier molecular flexibility index (Phi) is 7.99. The van der Waals surface area contributed by atoms with E-state index in [9.17, 15) is 0 Å². The van der Waals surface area contributed by atoms with Gasteiger partial charge in [-0.2, -0.15) is 0 Å². The summed E-state index contributed by atoms with van der Waals surface area (Å²) >= 11 is 3.74. The van der Waals surface area contributed by atoms with E-state index in [2.05, 4.69) is 228 Å². The van der Waals surface area contributed by atoms with Crippen molar-refractivity contribution >= 4 is 113 Å². The third-order valence-corrected chi connectivity index (χ3v) is 15.0. The van der Waals surface area contributed by atoms with E-state index in [0.29, 0.717) is 0 Å². The lowest BCUT2D eigenvalue weighted by Gasteiger charge is -2.26. The second-order valence-corrected chi connectivity index (χ2v) is 18.2. The van der Waals surface area contributed by atoms with Crippen LogP contribution in [0.3, 0.4) is 0 Å². The van der Waals surface area contributed by atoms with Crippen molar-refractivity contribution in [3.05, 3.63) is 218 Å². The number of aromatic nitrogens is 1. The van der Waals surface area contributed by atoms with Gasteiger partial charge in [0.25, 0.3) is 0 Å². The SMILES string of the molecule is c1ccc(-n2c3cc(-c4ccc(N(c5ccc(-c6cccc7c6sc6ccccc67)cc5)c5ccc6sc7ccccc7c6c5)cc4)ccc3c3ccc4ccccc4c32)cc1. The summed E-state index contributed by atoms with van der Waals surface area (Å²) in [5.74, 6) is 0. The molecule has 62 heavy (non-hydrogen) atoms. The maximum atomic E-state index is 2.45. The highest BCUT2D eigenvalue weighted by molar-refractivity contribution is 7.26. The minimum Gasteiger partial charge on any atom is -0.310 e. The van der Waals surface area contributed by atoms with Crippen LogP contribution in [0.5, 0.6) is 0 Å². The highest BCUT2D eigenvalue weighted by atomic mass is 32.1. The van der Waals surface area contributed by atoms with Crippen LogP contribution in [0.25, 0.3) is 101 Å². The second-order valence-electron chi connectivity index (χ2n) is 16.1. The van der Waals surface area contributed by atoms with Crippen molar-refractivity contribution in [3.8, 4) is 27.9 Å². The number of hydrogen-bond donors (Lipinski definition) is 0. The molecule has 3 heterocycles. The monoisotopic (exact) mass is 824 g/mol. The maximum absolute atomic E-state index is 2.45. The Morgan fingerprint density at radius 1 is 0.339 bits per heavy atom. The summed E-state index contributed by atoms with van der Waals surface area (Å²) in [5, 5.41) is 10.3. The second kappa shape index (κ2) is 14.0. The minimum absolute atomic E-state index is 1.11. The van der Waals surface area contributed by atoms with E-state index in [1.54, 1.807) is 0 Å². The zero-order valence-electron chi connectivity index (χ0n) is 33.5. The molecule has 10 aromatic carbocycles. The molecule has 0 atom stereocenters. The number of rotatable bonds is 6. The zero-order chi connectivity index (χ0) is 40.7. The van der Waals surface area contributed by atoms with Crippen LogP contribution in [0.2, 0.25) is 0 Å². The number of hydrogen-bond acceptors (Lipinski definition) is 3. The van der Waals surface area contributed by atoms with Crippen LogP contribution in [-0.2, 0) is 0 Å². The van der Waals surface area contributed by atoms with Crippen LogP contribution < -0.4 is 4.90 Å². The summed E-state index contributed by atoms with van der Waals surface area (Å²) in [6, 6.07) is 80.4. The molecule has 0 amide bonds. The molecule has 13 rings (SSSR count). The highest BCUT2D eigenvalue weighted by Gasteiger charge is 2.19. The van der Waals surface area contributed by atoms with E-state index in [4.69, 9.17) is 0 Å². The first-order valence-corrected chi connectivity index (χ1v) is 22.7. The van der Waals surface area contributed by atoms with Crippen LogP contribution in [0.1, 0.15) is 0 Å². The molecule has 0 saturated heterocycles. The molecule has 0 fully saturated rings. The molecular formula is C58H36N2S2. The van der Waals surface area contributed by atoms with Crippen molar-refractivity contribution in [2.24, 2.45) is 0 Å². The predicted octanol–water partition coefficient (Wildman–Crippen LogP) is 17.5. The van der Waals surface area contributed by atoms with Gasteiger partial charge in [-0.25, -0.2) is 0 Å². The Bertz CT molecular complexity index is 3850. The molecule has 0 saturated carbocycles. The number of thiophene rings is 2. The van der Waals surface area contributed by atoms with Crippen LogP contribution in [-0.4, -0.2) is 4.57 Å². The summed E-state index contributed by atoms with van der Waals surface area (Å²) in [5.41, 5.74) is 11.8. The third kappa shape index (κ3) is 5.54. The summed E-state index contributed by atoms with van der Waals surface area (Å²) in [7, 11) is 0. The van der Waals surface area contributed by atoms with Crippen molar-refractivity contribution in [3.63, 3.8) is 0 Å². The van der Waals surface area contributed by atoms with Crippen LogP contribution in [0, 0.1) is 0 Å². The molecule has 0 bridgehead atoms. The summed E-state index contributed by atoms with van der Waals surface area (Å²) in [6.45, 7) is 0. The smallest absolute Gasteiger partial charge is 0.0619 e. The third-order valence-electron chi connectivity index (χ3n) is 12.6. The quantitative estimate of drug-likeness (QED) is 0.162.